The van der Waals surface area contributed by atoms with Crippen LogP contribution in [-0.4, -0.2) is 12.7 Å². The van der Waals surface area contributed by atoms with Gasteiger partial charge in [0, 0.05) is 18.0 Å². The first kappa shape index (κ1) is 11.8. The summed E-state index contributed by atoms with van der Waals surface area (Å²) in [6, 6.07) is 5.97. The summed E-state index contributed by atoms with van der Waals surface area (Å²) in [6.07, 6.45) is 4.73. The molecule has 1 aromatic carbocycles. The lowest BCUT2D eigenvalue weighted by Crippen LogP contribution is -2.40. The quantitative estimate of drug-likeness (QED) is 0.893. The van der Waals surface area contributed by atoms with E-state index in [0.29, 0.717) is 0 Å². The van der Waals surface area contributed by atoms with Gasteiger partial charge >= 0.3 is 0 Å². The molecule has 3 heteroatoms. The molecule has 3 nitrogen and oxygen atoms in total. The van der Waals surface area contributed by atoms with Gasteiger partial charge in [-0.1, -0.05) is 12.8 Å². The van der Waals surface area contributed by atoms with E-state index in [1.807, 2.05) is 18.2 Å². The van der Waals surface area contributed by atoms with Crippen LogP contribution in [0.15, 0.2) is 18.2 Å². The standard InChI is InChI=1S/C15H21NO2/c1-15(8-10-3-4-10)9-13(16)12-7-11(17-2)5-6-14(12)18-15/h5-7,10,13H,3-4,8-9,16H2,1-2H3/t13-,15?/m0/s1. The second-order valence-corrected chi connectivity index (χ2v) is 5.91. The lowest BCUT2D eigenvalue weighted by Gasteiger charge is -2.39. The normalized spacial score (nSPS) is 30.5. The van der Waals surface area contributed by atoms with Crippen LogP contribution in [0.25, 0.3) is 0 Å². The maximum atomic E-state index is 6.31. The number of rotatable bonds is 3. The summed E-state index contributed by atoms with van der Waals surface area (Å²) in [6.45, 7) is 2.19. The van der Waals surface area contributed by atoms with Crippen molar-refractivity contribution in [3.8, 4) is 11.5 Å². The molecule has 0 amide bonds. The molecule has 2 aliphatic rings. The van der Waals surface area contributed by atoms with Crippen molar-refractivity contribution in [2.24, 2.45) is 11.7 Å². The monoisotopic (exact) mass is 247 g/mol. The molecular formula is C15H21NO2. The molecule has 0 aromatic heterocycles. The van der Waals surface area contributed by atoms with Crippen LogP contribution in [0, 0.1) is 5.92 Å². The first-order chi connectivity index (χ1) is 8.59. The van der Waals surface area contributed by atoms with Crippen LogP contribution in [0.3, 0.4) is 0 Å². The average molecular weight is 247 g/mol. The topological polar surface area (TPSA) is 44.5 Å². The molecular weight excluding hydrogens is 226 g/mol. The maximum absolute atomic E-state index is 6.31. The Morgan fingerprint density at radius 3 is 2.89 bits per heavy atom. The van der Waals surface area contributed by atoms with E-state index in [9.17, 15) is 0 Å². The van der Waals surface area contributed by atoms with Crippen molar-refractivity contribution in [3.63, 3.8) is 0 Å². The molecule has 0 bridgehead atoms. The van der Waals surface area contributed by atoms with Gasteiger partial charge in [-0.25, -0.2) is 0 Å². The molecule has 0 saturated heterocycles. The summed E-state index contributed by atoms with van der Waals surface area (Å²) < 4.78 is 11.4. The summed E-state index contributed by atoms with van der Waals surface area (Å²) in [5.41, 5.74) is 7.28. The lowest BCUT2D eigenvalue weighted by atomic mass is 9.85. The van der Waals surface area contributed by atoms with Gasteiger partial charge in [0.1, 0.15) is 17.1 Å². The third-order valence-electron chi connectivity index (χ3n) is 4.04. The third-order valence-corrected chi connectivity index (χ3v) is 4.04. The number of ether oxygens (including phenoxy) is 2. The van der Waals surface area contributed by atoms with Crippen LogP contribution in [0.1, 0.15) is 44.2 Å². The van der Waals surface area contributed by atoms with E-state index in [0.717, 1.165) is 35.8 Å². The van der Waals surface area contributed by atoms with E-state index in [2.05, 4.69) is 6.92 Å². The third kappa shape index (κ3) is 2.19. The van der Waals surface area contributed by atoms with Crippen LogP contribution >= 0.6 is 0 Å². The summed E-state index contributed by atoms with van der Waals surface area (Å²) in [7, 11) is 1.67. The summed E-state index contributed by atoms with van der Waals surface area (Å²) >= 11 is 0. The molecule has 1 aromatic rings. The van der Waals surface area contributed by atoms with Crippen molar-refractivity contribution in [3.05, 3.63) is 23.8 Å². The van der Waals surface area contributed by atoms with E-state index in [1.165, 1.54) is 12.8 Å². The van der Waals surface area contributed by atoms with Crippen LogP contribution in [0.4, 0.5) is 0 Å². The number of nitrogens with two attached hydrogens (primary N) is 1. The van der Waals surface area contributed by atoms with Crippen molar-refractivity contribution in [1.82, 2.24) is 0 Å². The Labute approximate surface area is 108 Å². The lowest BCUT2D eigenvalue weighted by molar-refractivity contribution is 0.0401. The van der Waals surface area contributed by atoms with Crippen LogP contribution in [0.2, 0.25) is 0 Å². The maximum Gasteiger partial charge on any atom is 0.125 e. The molecule has 3 rings (SSSR count). The Hall–Kier alpha value is -1.22. The van der Waals surface area contributed by atoms with Gasteiger partial charge in [0.05, 0.1) is 7.11 Å². The Kier molecular flexibility index (Phi) is 2.74. The highest BCUT2D eigenvalue weighted by molar-refractivity contribution is 5.44. The number of benzene rings is 1. The molecule has 0 spiro atoms. The molecule has 1 unspecified atom stereocenters. The van der Waals surface area contributed by atoms with Crippen molar-refractivity contribution in [2.75, 3.05) is 7.11 Å². The van der Waals surface area contributed by atoms with Crippen LogP contribution < -0.4 is 15.2 Å². The first-order valence-electron chi connectivity index (χ1n) is 6.72. The van der Waals surface area contributed by atoms with E-state index in [1.54, 1.807) is 7.11 Å². The highest BCUT2D eigenvalue weighted by Gasteiger charge is 2.40. The van der Waals surface area contributed by atoms with Gasteiger partial charge in [-0.2, -0.15) is 0 Å². The summed E-state index contributed by atoms with van der Waals surface area (Å²) in [4.78, 5) is 0. The molecule has 1 fully saturated rings. The fourth-order valence-electron chi connectivity index (χ4n) is 2.98. The predicted octanol–water partition coefficient (Wildman–Crippen LogP) is 3.04. The number of fused-ring (bicyclic) bond motifs is 1. The Morgan fingerprint density at radius 2 is 2.22 bits per heavy atom. The summed E-state index contributed by atoms with van der Waals surface area (Å²) in [5.74, 6) is 2.62. The highest BCUT2D eigenvalue weighted by Crippen LogP contribution is 2.46. The van der Waals surface area contributed by atoms with Gasteiger partial charge in [0.25, 0.3) is 0 Å². The average Bonchev–Trinajstić information content (AvgIpc) is 3.12. The molecule has 1 aliphatic heterocycles. The molecule has 1 saturated carbocycles. The Balaban J connectivity index is 1.87. The fourth-order valence-corrected chi connectivity index (χ4v) is 2.98. The van der Waals surface area contributed by atoms with E-state index < -0.39 is 0 Å². The first-order valence-corrected chi connectivity index (χ1v) is 6.72. The smallest absolute Gasteiger partial charge is 0.125 e. The van der Waals surface area contributed by atoms with Crippen molar-refractivity contribution >= 4 is 0 Å². The Bertz CT molecular complexity index is 456. The van der Waals surface area contributed by atoms with Gasteiger partial charge in [0.2, 0.25) is 0 Å². The minimum absolute atomic E-state index is 0.0487. The van der Waals surface area contributed by atoms with Gasteiger partial charge in [0.15, 0.2) is 0 Å². The minimum Gasteiger partial charge on any atom is -0.497 e. The minimum atomic E-state index is -0.0951. The molecule has 98 valence electrons. The number of hydrogen-bond donors (Lipinski definition) is 1. The largest absolute Gasteiger partial charge is 0.497 e. The molecule has 2 atom stereocenters. The van der Waals surface area contributed by atoms with Gasteiger partial charge < -0.3 is 15.2 Å². The Morgan fingerprint density at radius 1 is 1.44 bits per heavy atom. The second kappa shape index (κ2) is 4.16. The van der Waals surface area contributed by atoms with Gasteiger partial charge in [-0.05, 0) is 37.5 Å². The number of hydrogen-bond acceptors (Lipinski definition) is 3. The summed E-state index contributed by atoms with van der Waals surface area (Å²) in [5, 5.41) is 0. The zero-order valence-electron chi connectivity index (χ0n) is 11.1. The molecule has 1 heterocycles. The fraction of sp³-hybridized carbons (Fsp3) is 0.600. The molecule has 0 radical (unpaired) electrons. The zero-order valence-corrected chi connectivity index (χ0v) is 11.1. The SMILES string of the molecule is COc1ccc2c(c1)[C@@H](N)CC(C)(CC1CC1)O2. The van der Waals surface area contributed by atoms with Gasteiger partial charge in [-0.3, -0.25) is 0 Å². The van der Waals surface area contributed by atoms with E-state index in [4.69, 9.17) is 15.2 Å². The van der Waals surface area contributed by atoms with Gasteiger partial charge in [-0.15, -0.1) is 0 Å². The highest BCUT2D eigenvalue weighted by atomic mass is 16.5. The van der Waals surface area contributed by atoms with Crippen molar-refractivity contribution in [2.45, 2.75) is 44.2 Å². The van der Waals surface area contributed by atoms with Crippen LogP contribution in [0.5, 0.6) is 11.5 Å². The van der Waals surface area contributed by atoms with E-state index in [-0.39, 0.29) is 11.6 Å². The predicted molar refractivity (Wildman–Crippen MR) is 70.9 cm³/mol. The van der Waals surface area contributed by atoms with E-state index >= 15 is 0 Å². The molecule has 2 N–H and O–H groups in total. The molecule has 1 aliphatic carbocycles. The van der Waals surface area contributed by atoms with Crippen LogP contribution in [-0.2, 0) is 0 Å². The zero-order chi connectivity index (χ0) is 12.8. The molecule has 18 heavy (non-hydrogen) atoms. The van der Waals surface area contributed by atoms with Crippen molar-refractivity contribution < 1.29 is 9.47 Å². The second-order valence-electron chi connectivity index (χ2n) is 5.91. The van der Waals surface area contributed by atoms with Crippen molar-refractivity contribution in [1.29, 1.82) is 0 Å². The number of methoxy groups -OCH3 is 1.